The molecule has 0 aromatic carbocycles. The first-order chi connectivity index (χ1) is 12.0. The second-order valence-corrected chi connectivity index (χ2v) is 8.48. The summed E-state index contributed by atoms with van der Waals surface area (Å²) in [5.74, 6) is 1.35. The van der Waals surface area contributed by atoms with Crippen LogP contribution < -0.4 is 5.32 Å². The number of nitrogens with one attached hydrogen (secondary N) is 2. The molecule has 0 radical (unpaired) electrons. The molecule has 9 nitrogen and oxygen atoms in total. The molecule has 3 aromatic heterocycles. The lowest BCUT2D eigenvalue weighted by molar-refractivity contribution is -0.504. The number of hydrogen-bond donors (Lipinski definition) is 3. The Morgan fingerprint density at radius 1 is 1.00 bits per heavy atom. The summed E-state index contributed by atoms with van der Waals surface area (Å²) in [6.07, 6.45) is 0. The van der Waals surface area contributed by atoms with E-state index >= 15 is 0 Å². The van der Waals surface area contributed by atoms with Crippen molar-refractivity contribution in [1.29, 1.82) is 0 Å². The standard InChI is InChI=1S/C17H27N9/c1-9-19-15-11(13(17(5,6)7)25-26(15)24-9)20-22-14-10(18-8)12(21-23-14)16(2,3)4/h8,18H2,1-7H3,(H,19,24)(H,21,23)/b22-20+. The number of aryl methyl sites for hydroxylation is 1. The SMILES string of the molecule is [CH2-][NH2+]c1c(C(C)(C)C)n[nH]c1/N=N/c1c(C(C)(C)C)nn2nc(C)[nH]c12. The fraction of sp³-hybridized carbons (Fsp3) is 0.529. The Hall–Kier alpha value is -2.55. The molecule has 9 heteroatoms. The Morgan fingerprint density at radius 2 is 1.65 bits per heavy atom. The fourth-order valence-corrected chi connectivity index (χ4v) is 2.80. The first kappa shape index (κ1) is 18.2. The highest BCUT2D eigenvalue weighted by molar-refractivity contribution is 5.68. The first-order valence-corrected chi connectivity index (χ1v) is 8.61. The van der Waals surface area contributed by atoms with Crippen molar-refractivity contribution >= 4 is 22.8 Å². The molecule has 4 N–H and O–H groups in total. The number of aromatic nitrogens is 6. The second kappa shape index (κ2) is 6.01. The van der Waals surface area contributed by atoms with Crippen molar-refractivity contribution in [3.8, 4) is 0 Å². The second-order valence-electron chi connectivity index (χ2n) is 8.48. The van der Waals surface area contributed by atoms with Gasteiger partial charge in [0.15, 0.2) is 17.0 Å². The molecular weight excluding hydrogens is 330 g/mol. The van der Waals surface area contributed by atoms with Crippen LogP contribution in [-0.2, 0) is 10.8 Å². The van der Waals surface area contributed by atoms with Gasteiger partial charge >= 0.3 is 0 Å². The topological polar surface area (TPSA) is 116 Å². The van der Waals surface area contributed by atoms with Crippen LogP contribution in [0.1, 0.15) is 58.8 Å². The molecule has 3 aromatic rings. The summed E-state index contributed by atoms with van der Waals surface area (Å²) in [6.45, 7) is 14.4. The minimum absolute atomic E-state index is 0.115. The van der Waals surface area contributed by atoms with Gasteiger partial charge in [-0.2, -0.15) is 10.2 Å². The van der Waals surface area contributed by atoms with Crippen molar-refractivity contribution in [2.75, 3.05) is 0 Å². The molecule has 140 valence electrons. The number of quaternary nitrogens is 1. The first-order valence-electron chi connectivity index (χ1n) is 8.61. The molecule has 0 atom stereocenters. The van der Waals surface area contributed by atoms with Crippen molar-refractivity contribution in [2.24, 2.45) is 10.2 Å². The molecule has 0 amide bonds. The Kier molecular flexibility index (Phi) is 4.22. The molecule has 0 fully saturated rings. The van der Waals surface area contributed by atoms with Crippen LogP contribution in [0.5, 0.6) is 0 Å². The molecule has 0 saturated carbocycles. The van der Waals surface area contributed by atoms with E-state index in [1.54, 1.807) is 9.95 Å². The lowest BCUT2D eigenvalue weighted by Gasteiger charge is -2.16. The minimum atomic E-state index is -0.192. The third-order valence-corrected chi connectivity index (χ3v) is 4.05. The van der Waals surface area contributed by atoms with Crippen LogP contribution >= 0.6 is 0 Å². The van der Waals surface area contributed by atoms with E-state index in [1.165, 1.54) is 0 Å². The molecule has 0 spiro atoms. The molecule has 0 unspecified atom stereocenters. The van der Waals surface area contributed by atoms with Crippen molar-refractivity contribution in [3.63, 3.8) is 0 Å². The molecule has 0 aliphatic rings. The predicted molar refractivity (Wildman–Crippen MR) is 99.2 cm³/mol. The van der Waals surface area contributed by atoms with E-state index in [4.69, 9.17) is 0 Å². The third-order valence-electron chi connectivity index (χ3n) is 4.05. The summed E-state index contributed by atoms with van der Waals surface area (Å²) in [6, 6.07) is 0. The van der Waals surface area contributed by atoms with Gasteiger partial charge in [-0.1, -0.05) is 41.5 Å². The highest BCUT2D eigenvalue weighted by Crippen LogP contribution is 2.36. The van der Waals surface area contributed by atoms with Crippen molar-refractivity contribution in [2.45, 2.75) is 59.3 Å². The number of hydrogen-bond acceptors (Lipinski definition) is 5. The van der Waals surface area contributed by atoms with Gasteiger partial charge in [-0.3, -0.25) is 5.10 Å². The lowest BCUT2D eigenvalue weighted by Crippen LogP contribution is -2.70. The predicted octanol–water partition coefficient (Wildman–Crippen LogP) is 3.09. The van der Waals surface area contributed by atoms with Crippen LogP contribution in [0.4, 0.5) is 17.2 Å². The molecular formula is C17H27N9. The van der Waals surface area contributed by atoms with Gasteiger partial charge in [-0.05, 0) is 6.92 Å². The Bertz CT molecular complexity index is 957. The summed E-state index contributed by atoms with van der Waals surface area (Å²) in [5, 5.41) is 27.0. The van der Waals surface area contributed by atoms with E-state index < -0.39 is 0 Å². The maximum absolute atomic E-state index is 4.58. The van der Waals surface area contributed by atoms with Gasteiger partial charge in [0.05, 0.1) is 5.69 Å². The Balaban J connectivity index is 2.10. The minimum Gasteiger partial charge on any atom is -0.441 e. The van der Waals surface area contributed by atoms with Gasteiger partial charge < -0.3 is 10.3 Å². The zero-order valence-electron chi connectivity index (χ0n) is 16.5. The smallest absolute Gasteiger partial charge is 0.229 e. The van der Waals surface area contributed by atoms with E-state index in [9.17, 15) is 0 Å². The van der Waals surface area contributed by atoms with Gasteiger partial charge in [0, 0.05) is 10.8 Å². The fourth-order valence-electron chi connectivity index (χ4n) is 2.80. The lowest BCUT2D eigenvalue weighted by atomic mass is 9.91. The third kappa shape index (κ3) is 3.14. The van der Waals surface area contributed by atoms with E-state index in [0.29, 0.717) is 11.5 Å². The molecule has 0 bridgehead atoms. The molecule has 0 aliphatic heterocycles. The number of azo groups is 1. The number of nitrogens with zero attached hydrogens (tertiary/aromatic N) is 6. The zero-order valence-corrected chi connectivity index (χ0v) is 16.5. The van der Waals surface area contributed by atoms with Crippen molar-refractivity contribution in [1.82, 2.24) is 30.0 Å². The summed E-state index contributed by atoms with van der Waals surface area (Å²) in [4.78, 5) is 3.20. The average Bonchev–Trinajstić information content (AvgIpc) is 3.15. The maximum atomic E-state index is 4.58. The van der Waals surface area contributed by atoms with Gasteiger partial charge in [0.25, 0.3) is 0 Å². The summed E-state index contributed by atoms with van der Waals surface area (Å²) >= 11 is 0. The van der Waals surface area contributed by atoms with Crippen LogP contribution in [0.15, 0.2) is 10.2 Å². The van der Waals surface area contributed by atoms with E-state index in [1.807, 2.05) is 6.92 Å². The molecule has 0 aliphatic carbocycles. The monoisotopic (exact) mass is 357 g/mol. The van der Waals surface area contributed by atoms with Gasteiger partial charge in [0.2, 0.25) is 5.82 Å². The highest BCUT2D eigenvalue weighted by Gasteiger charge is 2.28. The van der Waals surface area contributed by atoms with Crippen LogP contribution in [0.2, 0.25) is 0 Å². The Labute approximate surface area is 152 Å². The zero-order chi connectivity index (χ0) is 19.3. The van der Waals surface area contributed by atoms with E-state index in [-0.39, 0.29) is 10.8 Å². The van der Waals surface area contributed by atoms with Gasteiger partial charge in [-0.15, -0.1) is 27.0 Å². The molecule has 26 heavy (non-hydrogen) atoms. The number of nitrogens with two attached hydrogens (primary N) is 1. The molecule has 3 heterocycles. The van der Waals surface area contributed by atoms with Crippen molar-refractivity contribution < 1.29 is 5.32 Å². The number of H-pyrrole nitrogens is 2. The van der Waals surface area contributed by atoms with Crippen molar-refractivity contribution in [3.05, 3.63) is 24.3 Å². The largest absolute Gasteiger partial charge is 0.441 e. The van der Waals surface area contributed by atoms with Crippen LogP contribution in [0, 0.1) is 14.0 Å². The summed E-state index contributed by atoms with van der Waals surface area (Å²) in [7, 11) is 3.90. The van der Waals surface area contributed by atoms with Gasteiger partial charge in [-0.25, -0.2) is 0 Å². The van der Waals surface area contributed by atoms with E-state index in [0.717, 1.165) is 28.5 Å². The maximum Gasteiger partial charge on any atom is 0.229 e. The normalized spacial score (nSPS) is 13.4. The number of rotatable bonds is 3. The van der Waals surface area contributed by atoms with Gasteiger partial charge in [0.1, 0.15) is 11.5 Å². The van der Waals surface area contributed by atoms with Crippen LogP contribution in [0.25, 0.3) is 5.65 Å². The van der Waals surface area contributed by atoms with E-state index in [2.05, 4.69) is 84.2 Å². The number of fused-ring (bicyclic) bond motifs is 1. The Morgan fingerprint density at radius 3 is 2.23 bits per heavy atom. The quantitative estimate of drug-likeness (QED) is 0.494. The van der Waals surface area contributed by atoms with Crippen LogP contribution in [-0.4, -0.2) is 30.0 Å². The highest BCUT2D eigenvalue weighted by atomic mass is 15.5. The van der Waals surface area contributed by atoms with Crippen LogP contribution in [0.3, 0.4) is 0 Å². The summed E-state index contributed by atoms with van der Waals surface area (Å²) < 4.78 is 1.58. The number of aromatic amines is 2. The average molecular weight is 357 g/mol. The molecule has 0 saturated heterocycles. The molecule has 3 rings (SSSR count). The summed E-state index contributed by atoms with van der Waals surface area (Å²) in [5.41, 5.74) is 3.71.